The van der Waals surface area contributed by atoms with Gasteiger partial charge in [-0.15, -0.1) is 0 Å². The highest BCUT2D eigenvalue weighted by atomic mass is 16.5. The fourth-order valence-corrected chi connectivity index (χ4v) is 2.30. The fourth-order valence-electron chi connectivity index (χ4n) is 2.30. The van der Waals surface area contributed by atoms with Gasteiger partial charge in [0.25, 0.3) is 0 Å². The van der Waals surface area contributed by atoms with Crippen molar-refractivity contribution in [3.63, 3.8) is 0 Å². The SMILES string of the molecule is Cc1cc2c(cc1C(C)C)C(C)(C)CO2. The molecule has 2 rings (SSSR count). The van der Waals surface area contributed by atoms with Gasteiger partial charge in [0.15, 0.2) is 0 Å². The van der Waals surface area contributed by atoms with Gasteiger partial charge >= 0.3 is 0 Å². The van der Waals surface area contributed by atoms with E-state index in [0.717, 1.165) is 12.4 Å². The van der Waals surface area contributed by atoms with Gasteiger partial charge in [-0.25, -0.2) is 0 Å². The molecular formula is C14H20O. The molecule has 1 aliphatic heterocycles. The second-order valence-corrected chi connectivity index (χ2v) is 5.53. The smallest absolute Gasteiger partial charge is 0.123 e. The molecular weight excluding hydrogens is 184 g/mol. The van der Waals surface area contributed by atoms with Gasteiger partial charge in [0, 0.05) is 11.0 Å². The van der Waals surface area contributed by atoms with Crippen LogP contribution in [0, 0.1) is 6.92 Å². The highest BCUT2D eigenvalue weighted by Crippen LogP contribution is 2.41. The van der Waals surface area contributed by atoms with Gasteiger partial charge < -0.3 is 4.74 Å². The van der Waals surface area contributed by atoms with Crippen molar-refractivity contribution in [2.24, 2.45) is 0 Å². The predicted molar refractivity (Wildman–Crippen MR) is 63.8 cm³/mol. The fraction of sp³-hybridized carbons (Fsp3) is 0.571. The minimum Gasteiger partial charge on any atom is -0.492 e. The van der Waals surface area contributed by atoms with Crippen LogP contribution in [-0.4, -0.2) is 6.61 Å². The third-order valence-electron chi connectivity index (χ3n) is 3.31. The summed E-state index contributed by atoms with van der Waals surface area (Å²) in [5, 5.41) is 0. The Balaban J connectivity index is 2.57. The Hall–Kier alpha value is -0.980. The molecule has 1 heterocycles. The monoisotopic (exact) mass is 204 g/mol. The second-order valence-electron chi connectivity index (χ2n) is 5.53. The van der Waals surface area contributed by atoms with Gasteiger partial charge in [0.2, 0.25) is 0 Å². The third-order valence-corrected chi connectivity index (χ3v) is 3.31. The van der Waals surface area contributed by atoms with Crippen molar-refractivity contribution in [2.45, 2.75) is 46.0 Å². The lowest BCUT2D eigenvalue weighted by Gasteiger charge is -2.18. The van der Waals surface area contributed by atoms with Gasteiger partial charge in [-0.2, -0.15) is 0 Å². The van der Waals surface area contributed by atoms with Crippen LogP contribution in [0.4, 0.5) is 0 Å². The molecule has 1 aromatic rings. The molecule has 0 radical (unpaired) electrons. The molecule has 0 unspecified atom stereocenters. The first-order valence-corrected chi connectivity index (χ1v) is 5.69. The molecule has 0 bridgehead atoms. The van der Waals surface area contributed by atoms with Crippen LogP contribution in [0.25, 0.3) is 0 Å². The molecule has 15 heavy (non-hydrogen) atoms. The molecule has 0 spiro atoms. The molecule has 82 valence electrons. The van der Waals surface area contributed by atoms with Crippen molar-refractivity contribution in [2.75, 3.05) is 6.61 Å². The Morgan fingerprint density at radius 3 is 2.53 bits per heavy atom. The van der Waals surface area contributed by atoms with Gasteiger partial charge in [0.1, 0.15) is 5.75 Å². The van der Waals surface area contributed by atoms with Crippen LogP contribution in [0.15, 0.2) is 12.1 Å². The zero-order valence-electron chi connectivity index (χ0n) is 10.3. The van der Waals surface area contributed by atoms with E-state index >= 15 is 0 Å². The van der Waals surface area contributed by atoms with E-state index in [1.54, 1.807) is 0 Å². The molecule has 0 saturated heterocycles. The first kappa shape index (κ1) is 10.5. The number of aryl methyl sites for hydroxylation is 1. The lowest BCUT2D eigenvalue weighted by atomic mass is 9.83. The normalized spacial score (nSPS) is 17.7. The summed E-state index contributed by atoms with van der Waals surface area (Å²) in [6, 6.07) is 4.53. The third kappa shape index (κ3) is 1.64. The summed E-state index contributed by atoms with van der Waals surface area (Å²) in [5.74, 6) is 1.67. The van der Waals surface area contributed by atoms with Crippen molar-refractivity contribution >= 4 is 0 Å². The Labute approximate surface area is 92.5 Å². The molecule has 1 heteroatoms. The Kier molecular flexibility index (Phi) is 2.29. The van der Waals surface area contributed by atoms with E-state index in [1.807, 2.05) is 0 Å². The van der Waals surface area contributed by atoms with Crippen LogP contribution in [0.5, 0.6) is 5.75 Å². The average Bonchev–Trinajstić information content (AvgIpc) is 2.40. The molecule has 1 aliphatic rings. The van der Waals surface area contributed by atoms with E-state index < -0.39 is 0 Å². The standard InChI is InChI=1S/C14H20O/c1-9(2)11-7-12-13(6-10(11)3)15-8-14(12,4)5/h6-7,9H,8H2,1-5H3. The maximum Gasteiger partial charge on any atom is 0.123 e. The number of hydrogen-bond acceptors (Lipinski definition) is 1. The van der Waals surface area contributed by atoms with Crippen LogP contribution in [-0.2, 0) is 5.41 Å². The number of fused-ring (bicyclic) bond motifs is 1. The highest BCUT2D eigenvalue weighted by Gasteiger charge is 2.32. The lowest BCUT2D eigenvalue weighted by Crippen LogP contribution is -2.18. The Morgan fingerprint density at radius 2 is 1.93 bits per heavy atom. The van der Waals surface area contributed by atoms with Crippen LogP contribution < -0.4 is 4.74 Å². The van der Waals surface area contributed by atoms with E-state index in [9.17, 15) is 0 Å². The van der Waals surface area contributed by atoms with Gasteiger partial charge in [-0.3, -0.25) is 0 Å². The average molecular weight is 204 g/mol. The summed E-state index contributed by atoms with van der Waals surface area (Å²) in [5.41, 5.74) is 4.35. The van der Waals surface area contributed by atoms with Crippen molar-refractivity contribution in [3.05, 3.63) is 28.8 Å². The molecule has 1 aromatic carbocycles. The maximum absolute atomic E-state index is 5.73. The molecule has 0 aliphatic carbocycles. The Morgan fingerprint density at radius 1 is 1.27 bits per heavy atom. The largest absolute Gasteiger partial charge is 0.492 e. The summed E-state index contributed by atoms with van der Waals surface area (Å²) < 4.78 is 5.73. The zero-order chi connectivity index (χ0) is 11.2. The highest BCUT2D eigenvalue weighted by molar-refractivity contribution is 5.49. The first-order valence-electron chi connectivity index (χ1n) is 5.69. The first-order chi connectivity index (χ1) is 6.92. The minimum absolute atomic E-state index is 0.173. The predicted octanol–water partition coefficient (Wildman–Crippen LogP) is 3.79. The number of ether oxygens (including phenoxy) is 1. The molecule has 1 nitrogen and oxygen atoms in total. The van der Waals surface area contributed by atoms with Gasteiger partial charge in [0.05, 0.1) is 6.61 Å². The van der Waals surface area contributed by atoms with Crippen molar-refractivity contribution in [1.82, 2.24) is 0 Å². The number of benzene rings is 1. The topological polar surface area (TPSA) is 9.23 Å². The lowest BCUT2D eigenvalue weighted by molar-refractivity contribution is 0.291. The molecule has 0 amide bonds. The molecule has 0 N–H and O–H groups in total. The second kappa shape index (κ2) is 3.26. The summed E-state index contributed by atoms with van der Waals surface area (Å²) in [7, 11) is 0. The van der Waals surface area contributed by atoms with Crippen LogP contribution in [0.2, 0.25) is 0 Å². The van der Waals surface area contributed by atoms with E-state index in [2.05, 4.69) is 46.8 Å². The molecule has 0 aromatic heterocycles. The van der Waals surface area contributed by atoms with Crippen molar-refractivity contribution in [3.8, 4) is 5.75 Å². The number of hydrogen-bond donors (Lipinski definition) is 0. The van der Waals surface area contributed by atoms with E-state index in [4.69, 9.17) is 4.74 Å². The minimum atomic E-state index is 0.173. The van der Waals surface area contributed by atoms with E-state index in [0.29, 0.717) is 5.92 Å². The van der Waals surface area contributed by atoms with Crippen LogP contribution >= 0.6 is 0 Å². The summed E-state index contributed by atoms with van der Waals surface area (Å²) >= 11 is 0. The Bertz CT molecular complexity index is 389. The summed E-state index contributed by atoms with van der Waals surface area (Å²) in [6.45, 7) is 12.0. The van der Waals surface area contributed by atoms with Crippen LogP contribution in [0.1, 0.15) is 50.3 Å². The molecule has 0 saturated carbocycles. The van der Waals surface area contributed by atoms with E-state index in [-0.39, 0.29) is 5.41 Å². The summed E-state index contributed by atoms with van der Waals surface area (Å²) in [4.78, 5) is 0. The van der Waals surface area contributed by atoms with Crippen LogP contribution in [0.3, 0.4) is 0 Å². The zero-order valence-corrected chi connectivity index (χ0v) is 10.3. The van der Waals surface area contributed by atoms with Gasteiger partial charge in [-0.05, 0) is 30.0 Å². The summed E-state index contributed by atoms with van der Waals surface area (Å²) in [6.07, 6.45) is 0. The quantitative estimate of drug-likeness (QED) is 0.676. The van der Waals surface area contributed by atoms with Gasteiger partial charge in [-0.1, -0.05) is 33.8 Å². The van der Waals surface area contributed by atoms with Crippen molar-refractivity contribution in [1.29, 1.82) is 0 Å². The number of rotatable bonds is 1. The maximum atomic E-state index is 5.73. The molecule has 0 fully saturated rings. The molecule has 0 atom stereocenters. The van der Waals surface area contributed by atoms with Crippen molar-refractivity contribution < 1.29 is 4.74 Å². The van der Waals surface area contributed by atoms with E-state index in [1.165, 1.54) is 16.7 Å².